The molecule has 1 amide bonds. The number of hydrogen-bond donors (Lipinski definition) is 2. The van der Waals surface area contributed by atoms with Crippen LogP contribution >= 0.6 is 23.2 Å². The quantitative estimate of drug-likeness (QED) is 0.567. The van der Waals surface area contributed by atoms with Crippen LogP contribution in [-0.4, -0.2) is 25.5 Å². The van der Waals surface area contributed by atoms with Gasteiger partial charge in [0.05, 0.1) is 7.11 Å². The summed E-state index contributed by atoms with van der Waals surface area (Å²) in [6.07, 6.45) is 2.93. The number of amides is 1. The zero-order valence-corrected chi connectivity index (χ0v) is 18.2. The second-order valence-electron chi connectivity index (χ2n) is 8.00. The van der Waals surface area contributed by atoms with E-state index in [-0.39, 0.29) is 24.2 Å². The van der Waals surface area contributed by atoms with E-state index in [2.05, 4.69) is 10.6 Å². The Bertz CT molecular complexity index is 977. The smallest absolute Gasteiger partial charge is 0.305 e. The summed E-state index contributed by atoms with van der Waals surface area (Å²) in [4.78, 5) is 25.5. The average Bonchev–Trinajstić information content (AvgIpc) is 3.51. The Morgan fingerprint density at radius 2 is 2.00 bits per heavy atom. The van der Waals surface area contributed by atoms with E-state index in [1.807, 2.05) is 24.3 Å². The summed E-state index contributed by atoms with van der Waals surface area (Å²) in [6, 6.07) is 12.9. The molecule has 0 unspecified atom stereocenters. The lowest BCUT2D eigenvalue weighted by atomic mass is 9.72. The number of hydrogen-bond acceptors (Lipinski definition) is 4. The molecular weight excluding hydrogens is 423 g/mol. The largest absolute Gasteiger partial charge is 0.469 e. The normalized spacial score (nSPS) is 21.1. The number of halogens is 2. The summed E-state index contributed by atoms with van der Waals surface area (Å²) in [5, 5.41) is 7.74. The Morgan fingerprint density at radius 1 is 1.23 bits per heavy atom. The van der Waals surface area contributed by atoms with E-state index in [1.165, 1.54) is 7.11 Å². The van der Waals surface area contributed by atoms with Crippen LogP contribution in [-0.2, 0) is 19.9 Å². The molecule has 2 aromatic carbocycles. The van der Waals surface area contributed by atoms with Crippen LogP contribution in [0.25, 0.3) is 0 Å². The van der Waals surface area contributed by atoms with Gasteiger partial charge in [0.25, 0.3) is 0 Å². The molecule has 30 heavy (non-hydrogen) atoms. The molecular formula is C23H24Cl2N2O3. The third-order valence-corrected chi connectivity index (χ3v) is 6.49. The van der Waals surface area contributed by atoms with Gasteiger partial charge in [-0.05, 0) is 61.6 Å². The molecule has 0 aromatic heterocycles. The third-order valence-electron chi connectivity index (χ3n) is 6.02. The molecule has 2 N–H and O–H groups in total. The first-order chi connectivity index (χ1) is 14.4. The number of ether oxygens (including phenoxy) is 1. The maximum atomic E-state index is 13.5. The van der Waals surface area contributed by atoms with Crippen molar-refractivity contribution >= 4 is 40.8 Å². The van der Waals surface area contributed by atoms with E-state index in [0.29, 0.717) is 28.1 Å². The van der Waals surface area contributed by atoms with Gasteiger partial charge in [0.15, 0.2) is 0 Å². The van der Waals surface area contributed by atoms with Gasteiger partial charge in [-0.1, -0.05) is 41.4 Å². The highest BCUT2D eigenvalue weighted by molar-refractivity contribution is 6.31. The average molecular weight is 447 g/mol. The van der Waals surface area contributed by atoms with Crippen LogP contribution in [0.5, 0.6) is 0 Å². The molecule has 0 saturated heterocycles. The van der Waals surface area contributed by atoms with Gasteiger partial charge in [-0.2, -0.15) is 0 Å². The number of esters is 1. The predicted octanol–water partition coefficient (Wildman–Crippen LogP) is 4.88. The molecule has 2 aromatic rings. The first-order valence-electron chi connectivity index (χ1n) is 10.1. The molecule has 158 valence electrons. The minimum absolute atomic E-state index is 0.143. The Labute approximate surface area is 186 Å². The van der Waals surface area contributed by atoms with Gasteiger partial charge in [0.1, 0.15) is 5.54 Å². The number of methoxy groups -OCH3 is 1. The summed E-state index contributed by atoms with van der Waals surface area (Å²) in [5.74, 6) is -0.215. The molecule has 0 radical (unpaired) electrons. The monoisotopic (exact) mass is 446 g/mol. The summed E-state index contributed by atoms with van der Waals surface area (Å²) in [7, 11) is 1.37. The van der Waals surface area contributed by atoms with Crippen molar-refractivity contribution in [3.05, 3.63) is 63.6 Å². The highest BCUT2D eigenvalue weighted by Gasteiger charge is 2.53. The first kappa shape index (κ1) is 21.2. The molecule has 1 heterocycles. The maximum absolute atomic E-state index is 13.5. The molecule has 2 atom stereocenters. The summed E-state index contributed by atoms with van der Waals surface area (Å²) in [5.41, 5.74) is 1.40. The van der Waals surface area contributed by atoms with Crippen molar-refractivity contribution in [1.29, 1.82) is 0 Å². The molecule has 4 rings (SSSR count). The van der Waals surface area contributed by atoms with E-state index in [1.54, 1.807) is 18.2 Å². The van der Waals surface area contributed by atoms with Gasteiger partial charge in [0, 0.05) is 33.6 Å². The summed E-state index contributed by atoms with van der Waals surface area (Å²) in [6.45, 7) is 0.727. The SMILES string of the molecule is COC(=O)CC[C@@H](c1cccc(Cl)c1)[C@@]1(NCC2CC2)C(=O)Nc2cc(Cl)ccc21. The van der Waals surface area contributed by atoms with E-state index in [4.69, 9.17) is 27.9 Å². The highest BCUT2D eigenvalue weighted by Crippen LogP contribution is 2.49. The fourth-order valence-corrected chi connectivity index (χ4v) is 4.67. The van der Waals surface area contributed by atoms with Gasteiger partial charge in [-0.25, -0.2) is 0 Å². The second kappa shape index (κ2) is 8.58. The van der Waals surface area contributed by atoms with Crippen molar-refractivity contribution in [2.45, 2.75) is 37.1 Å². The van der Waals surface area contributed by atoms with Crippen molar-refractivity contribution in [1.82, 2.24) is 5.32 Å². The van der Waals surface area contributed by atoms with E-state index in [0.717, 1.165) is 30.5 Å². The van der Waals surface area contributed by atoms with Crippen molar-refractivity contribution in [3.63, 3.8) is 0 Å². The lowest BCUT2D eigenvalue weighted by Crippen LogP contribution is -2.53. The Balaban J connectivity index is 1.83. The second-order valence-corrected chi connectivity index (χ2v) is 8.87. The Hall–Kier alpha value is -2.08. The Kier molecular flexibility index (Phi) is 6.05. The number of anilines is 1. The van der Waals surface area contributed by atoms with Crippen molar-refractivity contribution < 1.29 is 14.3 Å². The topological polar surface area (TPSA) is 67.4 Å². The molecule has 5 nitrogen and oxygen atoms in total. The van der Waals surface area contributed by atoms with Gasteiger partial charge in [0.2, 0.25) is 5.91 Å². The van der Waals surface area contributed by atoms with Crippen molar-refractivity contribution in [2.24, 2.45) is 5.92 Å². The highest BCUT2D eigenvalue weighted by atomic mass is 35.5. The number of benzene rings is 2. The molecule has 1 fully saturated rings. The van der Waals surface area contributed by atoms with Gasteiger partial charge < -0.3 is 10.1 Å². The molecule has 0 spiro atoms. The lowest BCUT2D eigenvalue weighted by Gasteiger charge is -2.37. The van der Waals surface area contributed by atoms with Crippen LogP contribution in [0.2, 0.25) is 10.0 Å². The fraction of sp³-hybridized carbons (Fsp3) is 0.391. The molecule has 7 heteroatoms. The number of carbonyl (C=O) groups excluding carboxylic acids is 2. The van der Waals surface area contributed by atoms with Gasteiger partial charge in [-0.15, -0.1) is 0 Å². The van der Waals surface area contributed by atoms with Gasteiger partial charge >= 0.3 is 5.97 Å². The van der Waals surface area contributed by atoms with Crippen molar-refractivity contribution in [3.8, 4) is 0 Å². The minimum atomic E-state index is -1.03. The van der Waals surface area contributed by atoms with Crippen LogP contribution < -0.4 is 10.6 Å². The zero-order valence-electron chi connectivity index (χ0n) is 16.7. The number of nitrogens with one attached hydrogen (secondary N) is 2. The minimum Gasteiger partial charge on any atom is -0.469 e. The van der Waals surface area contributed by atoms with Crippen molar-refractivity contribution in [2.75, 3.05) is 19.0 Å². The number of rotatable bonds is 8. The van der Waals surface area contributed by atoms with Crippen LogP contribution in [0.15, 0.2) is 42.5 Å². The summed E-state index contributed by atoms with van der Waals surface area (Å²) >= 11 is 12.5. The standard InChI is InChI=1S/C23H24Cl2N2O3/c1-30-21(28)10-9-18(15-3-2-4-16(24)11-15)23(26-13-14-5-6-14)19-8-7-17(25)12-20(19)27-22(23)29/h2-4,7-8,11-12,14,18,26H,5-6,9-10,13H2,1H3,(H,27,29)/t18-,23-/m0/s1. The number of carbonyl (C=O) groups is 2. The van der Waals surface area contributed by atoms with E-state index < -0.39 is 5.54 Å². The molecule has 2 aliphatic rings. The van der Waals surface area contributed by atoms with Crippen LogP contribution in [0.4, 0.5) is 5.69 Å². The first-order valence-corrected chi connectivity index (χ1v) is 10.9. The fourth-order valence-electron chi connectivity index (χ4n) is 4.30. The third kappa shape index (κ3) is 4.07. The molecule has 1 saturated carbocycles. The zero-order chi connectivity index (χ0) is 21.3. The van der Waals surface area contributed by atoms with E-state index in [9.17, 15) is 9.59 Å². The van der Waals surface area contributed by atoms with Crippen LogP contribution in [0, 0.1) is 5.92 Å². The maximum Gasteiger partial charge on any atom is 0.305 e. The van der Waals surface area contributed by atoms with Gasteiger partial charge in [-0.3, -0.25) is 14.9 Å². The molecule has 1 aliphatic heterocycles. The number of fused-ring (bicyclic) bond motifs is 1. The predicted molar refractivity (Wildman–Crippen MR) is 118 cm³/mol. The lowest BCUT2D eigenvalue weighted by molar-refractivity contribution is -0.141. The molecule has 1 aliphatic carbocycles. The van der Waals surface area contributed by atoms with E-state index >= 15 is 0 Å². The van der Waals surface area contributed by atoms with Crippen LogP contribution in [0.1, 0.15) is 42.7 Å². The Morgan fingerprint density at radius 3 is 2.70 bits per heavy atom. The molecule has 0 bridgehead atoms. The van der Waals surface area contributed by atoms with Crippen LogP contribution in [0.3, 0.4) is 0 Å². The summed E-state index contributed by atoms with van der Waals surface area (Å²) < 4.78 is 4.87.